The van der Waals surface area contributed by atoms with Gasteiger partial charge in [-0.2, -0.15) is 4.31 Å². The second-order valence-electron chi connectivity index (χ2n) is 7.83. The number of primary amides is 1. The second kappa shape index (κ2) is 9.57. The third kappa shape index (κ3) is 4.47. The van der Waals surface area contributed by atoms with Gasteiger partial charge in [0.15, 0.2) is 18.4 Å². The Hall–Kier alpha value is -3.84. The molecule has 2 aliphatic heterocycles. The van der Waals surface area contributed by atoms with Gasteiger partial charge in [0.25, 0.3) is 11.8 Å². The van der Waals surface area contributed by atoms with Gasteiger partial charge in [-0.1, -0.05) is 17.9 Å². The molecule has 1 saturated heterocycles. The minimum Gasteiger partial charge on any atom is -0.478 e. The maximum atomic E-state index is 13.1. The Balaban J connectivity index is 1.50. The highest BCUT2D eigenvalue weighted by atomic mass is 32.2. The Labute approximate surface area is 199 Å². The van der Waals surface area contributed by atoms with Gasteiger partial charge in [-0.05, 0) is 55.3 Å². The lowest BCUT2D eigenvalue weighted by Gasteiger charge is -2.32. The Morgan fingerprint density at radius 2 is 1.94 bits per heavy atom. The van der Waals surface area contributed by atoms with Gasteiger partial charge in [-0.3, -0.25) is 19.2 Å². The third-order valence-electron chi connectivity index (χ3n) is 5.65. The van der Waals surface area contributed by atoms with Gasteiger partial charge in [-0.25, -0.2) is 0 Å². The molecule has 4 amide bonds. The number of piperidine rings is 1. The fourth-order valence-corrected chi connectivity index (χ4v) is 4.30. The molecular weight excluding hydrogens is 461 g/mol. The second-order valence-corrected chi connectivity index (χ2v) is 8.34. The van der Waals surface area contributed by atoms with Crippen molar-refractivity contribution < 1.29 is 27.8 Å². The van der Waals surface area contributed by atoms with Crippen LogP contribution in [0.25, 0.3) is 0 Å². The summed E-state index contributed by atoms with van der Waals surface area (Å²) in [6.45, 7) is 1.90. The van der Waals surface area contributed by atoms with Gasteiger partial charge in [0.1, 0.15) is 11.8 Å². The van der Waals surface area contributed by atoms with E-state index >= 15 is 0 Å². The first-order valence-electron chi connectivity index (χ1n) is 10.5. The molecule has 4 rings (SSSR count). The molecule has 0 aromatic heterocycles. The van der Waals surface area contributed by atoms with Crippen LogP contribution in [-0.2, 0) is 16.1 Å². The number of rotatable bonds is 5. The predicted molar refractivity (Wildman–Crippen MR) is 122 cm³/mol. The molecular formula is C24H20FN3O5S. The van der Waals surface area contributed by atoms with Crippen molar-refractivity contribution in [2.24, 2.45) is 5.73 Å². The van der Waals surface area contributed by atoms with Crippen molar-refractivity contribution in [3.05, 3.63) is 64.7 Å². The van der Waals surface area contributed by atoms with Gasteiger partial charge < -0.3 is 15.4 Å². The van der Waals surface area contributed by atoms with E-state index in [4.69, 9.17) is 10.5 Å². The number of amides is 4. The number of ether oxygens (including phenoxy) is 1. The molecule has 34 heavy (non-hydrogen) atoms. The van der Waals surface area contributed by atoms with Crippen LogP contribution >= 0.6 is 12.3 Å². The third-order valence-corrected chi connectivity index (χ3v) is 6.17. The highest BCUT2D eigenvalue weighted by Crippen LogP contribution is 2.32. The van der Waals surface area contributed by atoms with Crippen LogP contribution in [-0.4, -0.2) is 45.0 Å². The topological polar surface area (TPSA) is 110 Å². The molecule has 0 radical (unpaired) electrons. The van der Waals surface area contributed by atoms with Crippen LogP contribution in [0.2, 0.25) is 0 Å². The molecule has 1 fully saturated rings. The van der Waals surface area contributed by atoms with Crippen LogP contribution in [0.15, 0.2) is 42.5 Å². The molecule has 2 atom stereocenters. The van der Waals surface area contributed by atoms with E-state index in [0.717, 1.165) is 0 Å². The number of carbonyl (C=O) groups excluding carboxylic acids is 4. The number of imide groups is 1. The van der Waals surface area contributed by atoms with E-state index in [1.807, 2.05) is 0 Å². The van der Waals surface area contributed by atoms with Crippen LogP contribution in [0, 0.1) is 11.8 Å². The largest absolute Gasteiger partial charge is 0.478 e. The normalized spacial score (nSPS) is 18.3. The molecule has 2 aromatic rings. The van der Waals surface area contributed by atoms with E-state index in [9.17, 15) is 23.1 Å². The number of hydrogen-bond donors (Lipinski definition) is 1. The monoisotopic (exact) mass is 481 g/mol. The zero-order chi connectivity index (χ0) is 24.4. The van der Waals surface area contributed by atoms with E-state index in [-0.39, 0.29) is 25.3 Å². The Bertz CT molecular complexity index is 1240. The molecule has 0 spiro atoms. The molecule has 2 aromatic carbocycles. The summed E-state index contributed by atoms with van der Waals surface area (Å²) in [6.07, 6.45) is -0.367. The number of benzene rings is 2. The molecule has 2 unspecified atom stereocenters. The van der Waals surface area contributed by atoms with Crippen LogP contribution in [0.3, 0.4) is 0 Å². The average molecular weight is 482 g/mol. The van der Waals surface area contributed by atoms with Crippen molar-refractivity contribution >= 4 is 36.0 Å². The maximum absolute atomic E-state index is 13.1. The van der Waals surface area contributed by atoms with Crippen LogP contribution < -0.4 is 10.5 Å². The minimum atomic E-state index is -0.910. The van der Waals surface area contributed by atoms with Gasteiger partial charge in [0.05, 0.1) is 0 Å². The van der Waals surface area contributed by atoms with Crippen LogP contribution in [0.5, 0.6) is 5.75 Å². The SMILES string of the molecule is CC(C#Cc1cccc2c1CN(C1CCC(=O)N(SF)C1=O)C2=O)Oc1ccc(C(N)=O)cc1. The van der Waals surface area contributed by atoms with Crippen LogP contribution in [0.4, 0.5) is 3.89 Å². The zero-order valence-electron chi connectivity index (χ0n) is 18.1. The molecule has 2 aliphatic rings. The predicted octanol–water partition coefficient (Wildman–Crippen LogP) is 2.61. The summed E-state index contributed by atoms with van der Waals surface area (Å²) in [5.41, 5.74) is 7.31. The summed E-state index contributed by atoms with van der Waals surface area (Å²) in [4.78, 5) is 49.9. The number of hydrogen-bond acceptors (Lipinski definition) is 6. The summed E-state index contributed by atoms with van der Waals surface area (Å²) < 4.78 is 19.3. The van der Waals surface area contributed by atoms with Crippen molar-refractivity contribution in [2.75, 3.05) is 0 Å². The number of halogens is 1. The first-order chi connectivity index (χ1) is 16.3. The van der Waals surface area contributed by atoms with Crippen molar-refractivity contribution in [1.82, 2.24) is 9.21 Å². The Morgan fingerprint density at radius 3 is 2.62 bits per heavy atom. The lowest BCUT2D eigenvalue weighted by molar-refractivity contribution is -0.145. The van der Waals surface area contributed by atoms with E-state index in [1.165, 1.54) is 4.90 Å². The number of nitrogens with two attached hydrogens (primary N) is 1. The summed E-state index contributed by atoms with van der Waals surface area (Å²) in [5, 5.41) is 0. The van der Waals surface area contributed by atoms with Crippen molar-refractivity contribution in [2.45, 2.75) is 38.5 Å². The summed E-state index contributed by atoms with van der Waals surface area (Å²) in [6, 6.07) is 10.6. The zero-order valence-corrected chi connectivity index (χ0v) is 18.9. The van der Waals surface area contributed by atoms with Crippen LogP contribution in [0.1, 0.15) is 51.6 Å². The fraction of sp³-hybridized carbons (Fsp3) is 0.250. The average Bonchev–Trinajstić information content (AvgIpc) is 3.15. The number of nitrogens with zero attached hydrogens (tertiary/aromatic N) is 2. The molecule has 0 aliphatic carbocycles. The van der Waals surface area contributed by atoms with E-state index < -0.39 is 42.2 Å². The fourth-order valence-electron chi connectivity index (χ4n) is 3.94. The molecule has 10 heteroatoms. The van der Waals surface area contributed by atoms with Gasteiger partial charge in [-0.15, -0.1) is 3.89 Å². The number of fused-ring (bicyclic) bond motifs is 1. The Kier molecular flexibility index (Phi) is 6.56. The summed E-state index contributed by atoms with van der Waals surface area (Å²) in [7, 11) is 0. The summed E-state index contributed by atoms with van der Waals surface area (Å²) >= 11 is -0.436. The van der Waals surface area contributed by atoms with Crippen molar-refractivity contribution in [1.29, 1.82) is 0 Å². The smallest absolute Gasteiger partial charge is 0.264 e. The lowest BCUT2D eigenvalue weighted by atomic mass is 10.0. The quantitative estimate of drug-likeness (QED) is 0.399. The molecule has 0 saturated carbocycles. The highest BCUT2D eigenvalue weighted by molar-refractivity contribution is 7.93. The molecule has 2 N–H and O–H groups in total. The minimum absolute atomic E-state index is 0.0185. The first kappa shape index (κ1) is 23.3. The molecule has 2 heterocycles. The standard InChI is InChI=1S/C24H20FN3O5S/c1-14(33-17-9-7-16(8-10-17)22(26)30)5-6-15-3-2-4-18-19(15)13-27(23(18)31)20-11-12-21(29)28(34-25)24(20)32/h2-4,7-10,14,20H,11-13H2,1H3,(H2,26,30). The first-order valence-corrected chi connectivity index (χ1v) is 11.1. The van der Waals surface area contributed by atoms with Gasteiger partial charge in [0, 0.05) is 29.7 Å². The molecule has 8 nitrogen and oxygen atoms in total. The van der Waals surface area contributed by atoms with Gasteiger partial charge in [0.2, 0.25) is 11.8 Å². The van der Waals surface area contributed by atoms with E-state index in [1.54, 1.807) is 49.4 Å². The summed E-state index contributed by atoms with van der Waals surface area (Å²) in [5.74, 6) is 4.32. The lowest BCUT2D eigenvalue weighted by Crippen LogP contribution is -2.51. The number of carbonyl (C=O) groups is 4. The molecule has 0 bridgehead atoms. The maximum Gasteiger partial charge on any atom is 0.264 e. The van der Waals surface area contributed by atoms with E-state index in [0.29, 0.717) is 32.3 Å². The Morgan fingerprint density at radius 1 is 1.21 bits per heavy atom. The molecule has 174 valence electrons. The van der Waals surface area contributed by atoms with E-state index in [2.05, 4.69) is 11.8 Å². The highest BCUT2D eigenvalue weighted by Gasteiger charge is 2.43. The van der Waals surface area contributed by atoms with Crippen molar-refractivity contribution in [3.63, 3.8) is 0 Å². The van der Waals surface area contributed by atoms with Gasteiger partial charge >= 0.3 is 0 Å². The van der Waals surface area contributed by atoms with Crippen molar-refractivity contribution in [3.8, 4) is 17.6 Å².